The van der Waals surface area contributed by atoms with E-state index in [1.54, 1.807) is 16.6 Å². The average Bonchev–Trinajstić information content (AvgIpc) is 3.25. The molecule has 2 aromatic carbocycles. The van der Waals surface area contributed by atoms with Crippen LogP contribution in [0.25, 0.3) is 5.78 Å². The molecule has 0 aliphatic carbocycles. The van der Waals surface area contributed by atoms with Crippen LogP contribution in [0.15, 0.2) is 64.8 Å². The minimum Gasteiger partial charge on any atom is -0.308 e. The summed E-state index contributed by atoms with van der Waals surface area (Å²) < 4.78 is 40.3. The first-order valence-corrected chi connectivity index (χ1v) is 11.3. The third kappa shape index (κ3) is 5.30. The highest BCUT2D eigenvalue weighted by molar-refractivity contribution is 7.99. The van der Waals surface area contributed by atoms with Gasteiger partial charge in [-0.1, -0.05) is 31.2 Å². The number of nitrogens with zero attached hydrogens (tertiary/aromatic N) is 4. The summed E-state index contributed by atoms with van der Waals surface area (Å²) in [6, 6.07) is 11.0. The van der Waals surface area contributed by atoms with Crippen LogP contribution < -0.4 is 10.6 Å². The summed E-state index contributed by atoms with van der Waals surface area (Å²) in [6.45, 7) is 4.06. The van der Waals surface area contributed by atoms with Gasteiger partial charge >= 0.3 is 12.2 Å². The van der Waals surface area contributed by atoms with Gasteiger partial charge < -0.3 is 10.6 Å². The van der Waals surface area contributed by atoms with Gasteiger partial charge in [-0.3, -0.25) is 0 Å². The number of carbonyl (C=O) groups is 1. The Morgan fingerprint density at radius 3 is 2.53 bits per heavy atom. The smallest absolute Gasteiger partial charge is 0.308 e. The van der Waals surface area contributed by atoms with Crippen molar-refractivity contribution < 1.29 is 18.0 Å². The highest BCUT2D eigenvalue weighted by atomic mass is 32.2. The van der Waals surface area contributed by atoms with Crippen LogP contribution in [0.2, 0.25) is 0 Å². The quantitative estimate of drug-likeness (QED) is 0.317. The SMILES string of the molecule is CCCc1c(C)nc2ncnn2c1Sc1ccc(NC(=O)Nc2cccc(C(F)(F)F)c2)cc1. The number of hydrogen-bond donors (Lipinski definition) is 2. The molecule has 0 spiro atoms. The number of urea groups is 1. The Morgan fingerprint density at radius 2 is 1.82 bits per heavy atom. The maximum absolute atomic E-state index is 12.9. The average molecular weight is 487 g/mol. The number of aromatic nitrogens is 4. The maximum Gasteiger partial charge on any atom is 0.416 e. The van der Waals surface area contributed by atoms with Gasteiger partial charge in [-0.2, -0.15) is 27.8 Å². The van der Waals surface area contributed by atoms with Gasteiger partial charge in [-0.15, -0.1) is 0 Å². The molecular formula is C23H21F3N6OS. The van der Waals surface area contributed by atoms with Gasteiger partial charge in [-0.25, -0.2) is 9.78 Å². The molecule has 0 saturated carbocycles. The molecular weight excluding hydrogens is 465 g/mol. The summed E-state index contributed by atoms with van der Waals surface area (Å²) in [5, 5.41) is 10.3. The lowest BCUT2D eigenvalue weighted by molar-refractivity contribution is -0.137. The number of amides is 2. The van der Waals surface area contributed by atoms with E-state index in [0.717, 1.165) is 46.2 Å². The standard InChI is InChI=1S/C23H21F3N6OS/c1-3-5-19-14(2)29-21-27-13-28-32(21)20(19)34-18-10-8-16(9-11-18)30-22(33)31-17-7-4-6-15(12-17)23(24,25)26/h4,6-13H,3,5H2,1-2H3,(H2,30,31,33). The first kappa shape index (κ1) is 23.6. The maximum atomic E-state index is 12.9. The lowest BCUT2D eigenvalue weighted by atomic mass is 10.1. The van der Waals surface area contributed by atoms with E-state index >= 15 is 0 Å². The fourth-order valence-electron chi connectivity index (χ4n) is 3.38. The third-order valence-electron chi connectivity index (χ3n) is 4.96. The van der Waals surface area contributed by atoms with Crippen LogP contribution in [0.5, 0.6) is 0 Å². The minimum atomic E-state index is -4.48. The van der Waals surface area contributed by atoms with Crippen LogP contribution in [0.4, 0.5) is 29.3 Å². The molecule has 2 heterocycles. The lowest BCUT2D eigenvalue weighted by Crippen LogP contribution is -2.19. The van der Waals surface area contributed by atoms with Crippen LogP contribution in [-0.2, 0) is 12.6 Å². The van der Waals surface area contributed by atoms with Crippen molar-refractivity contribution in [3.05, 3.63) is 71.7 Å². The molecule has 2 N–H and O–H groups in total. The fraction of sp³-hybridized carbons (Fsp3) is 0.217. The van der Waals surface area contributed by atoms with Crippen molar-refractivity contribution in [2.75, 3.05) is 10.6 Å². The normalized spacial score (nSPS) is 11.6. The van der Waals surface area contributed by atoms with E-state index in [-0.39, 0.29) is 5.69 Å². The minimum absolute atomic E-state index is 0.0489. The Morgan fingerprint density at radius 1 is 1.09 bits per heavy atom. The Labute approximate surface area is 197 Å². The summed E-state index contributed by atoms with van der Waals surface area (Å²) in [5.41, 5.74) is 1.73. The number of carbonyl (C=O) groups excluding carboxylic acids is 1. The summed E-state index contributed by atoms with van der Waals surface area (Å²) in [4.78, 5) is 21.9. The van der Waals surface area contributed by atoms with Gasteiger partial charge in [0.2, 0.25) is 0 Å². The summed E-state index contributed by atoms with van der Waals surface area (Å²) >= 11 is 1.52. The van der Waals surface area contributed by atoms with Crippen molar-refractivity contribution in [2.24, 2.45) is 0 Å². The van der Waals surface area contributed by atoms with Crippen molar-refractivity contribution in [1.29, 1.82) is 0 Å². The van der Waals surface area contributed by atoms with E-state index in [2.05, 4.69) is 32.6 Å². The number of halogens is 3. The number of aryl methyl sites for hydroxylation is 1. The zero-order valence-electron chi connectivity index (χ0n) is 18.3. The largest absolute Gasteiger partial charge is 0.416 e. The molecule has 4 aromatic rings. The van der Waals surface area contributed by atoms with Crippen molar-refractivity contribution in [1.82, 2.24) is 19.6 Å². The Bertz CT molecular complexity index is 1320. The van der Waals surface area contributed by atoms with Crippen molar-refractivity contribution in [2.45, 2.75) is 42.8 Å². The highest BCUT2D eigenvalue weighted by Gasteiger charge is 2.30. The molecule has 0 saturated heterocycles. The molecule has 0 aliphatic rings. The number of alkyl halides is 3. The lowest BCUT2D eigenvalue weighted by Gasteiger charge is -2.13. The van der Waals surface area contributed by atoms with Gasteiger partial charge in [0.05, 0.1) is 5.56 Å². The number of benzene rings is 2. The van der Waals surface area contributed by atoms with E-state index in [1.807, 2.05) is 19.1 Å². The molecule has 2 amide bonds. The molecule has 0 atom stereocenters. The second-order valence-electron chi connectivity index (χ2n) is 7.49. The zero-order valence-corrected chi connectivity index (χ0v) is 19.2. The van der Waals surface area contributed by atoms with Gasteiger partial charge in [-0.05, 0) is 55.8 Å². The molecule has 4 rings (SSSR count). The second kappa shape index (κ2) is 9.72. The van der Waals surface area contributed by atoms with Crippen molar-refractivity contribution in [3.8, 4) is 0 Å². The number of rotatable bonds is 6. The molecule has 0 bridgehead atoms. The van der Waals surface area contributed by atoms with E-state index < -0.39 is 17.8 Å². The van der Waals surface area contributed by atoms with Gasteiger partial charge in [0.25, 0.3) is 5.78 Å². The molecule has 34 heavy (non-hydrogen) atoms. The first-order valence-electron chi connectivity index (χ1n) is 10.5. The molecule has 11 heteroatoms. The van der Waals surface area contributed by atoms with Crippen LogP contribution in [-0.4, -0.2) is 25.6 Å². The zero-order chi connectivity index (χ0) is 24.3. The van der Waals surface area contributed by atoms with Gasteiger partial charge in [0.15, 0.2) is 0 Å². The van der Waals surface area contributed by atoms with Crippen LogP contribution >= 0.6 is 11.8 Å². The Hall–Kier alpha value is -3.60. The van der Waals surface area contributed by atoms with E-state index in [0.29, 0.717) is 11.5 Å². The monoisotopic (exact) mass is 486 g/mol. The number of anilines is 2. The highest BCUT2D eigenvalue weighted by Crippen LogP contribution is 2.33. The van der Waals surface area contributed by atoms with Crippen LogP contribution in [0.1, 0.15) is 30.2 Å². The second-order valence-corrected chi connectivity index (χ2v) is 8.55. The topological polar surface area (TPSA) is 84.2 Å². The summed E-state index contributed by atoms with van der Waals surface area (Å²) in [6.07, 6.45) is -1.20. The molecule has 176 valence electrons. The Balaban J connectivity index is 1.47. The molecule has 0 aliphatic heterocycles. The van der Waals surface area contributed by atoms with E-state index in [9.17, 15) is 18.0 Å². The molecule has 0 radical (unpaired) electrons. The molecule has 7 nitrogen and oxygen atoms in total. The fourth-order valence-corrected chi connectivity index (χ4v) is 4.47. The summed E-state index contributed by atoms with van der Waals surface area (Å²) in [5.74, 6) is 0.532. The van der Waals surface area contributed by atoms with Crippen molar-refractivity contribution >= 4 is 34.9 Å². The van der Waals surface area contributed by atoms with E-state index in [4.69, 9.17) is 0 Å². The molecule has 0 unspecified atom stereocenters. The van der Waals surface area contributed by atoms with Crippen molar-refractivity contribution in [3.63, 3.8) is 0 Å². The molecule has 2 aromatic heterocycles. The van der Waals surface area contributed by atoms with Gasteiger partial charge in [0.1, 0.15) is 11.4 Å². The number of fused-ring (bicyclic) bond motifs is 1. The molecule has 0 fully saturated rings. The number of hydrogen-bond acceptors (Lipinski definition) is 5. The third-order valence-corrected chi connectivity index (χ3v) is 6.08. The predicted octanol–water partition coefficient (Wildman–Crippen LogP) is 6.20. The van der Waals surface area contributed by atoms with Crippen LogP contribution in [0.3, 0.4) is 0 Å². The van der Waals surface area contributed by atoms with Crippen LogP contribution in [0, 0.1) is 6.92 Å². The van der Waals surface area contributed by atoms with E-state index in [1.165, 1.54) is 30.2 Å². The first-order chi connectivity index (χ1) is 16.2. The van der Waals surface area contributed by atoms with Gasteiger partial charge in [0, 0.05) is 27.5 Å². The summed E-state index contributed by atoms with van der Waals surface area (Å²) in [7, 11) is 0. The Kier molecular flexibility index (Phi) is 6.73. The predicted molar refractivity (Wildman–Crippen MR) is 124 cm³/mol. The number of nitrogens with one attached hydrogen (secondary N) is 2.